The second-order valence-corrected chi connectivity index (χ2v) is 2.88. The van der Waals surface area contributed by atoms with E-state index in [4.69, 9.17) is 4.74 Å². The summed E-state index contributed by atoms with van der Waals surface area (Å²) in [5.41, 5.74) is 1.31. The van der Waals surface area contributed by atoms with Gasteiger partial charge in [-0.2, -0.15) is 0 Å². The minimum Gasteiger partial charge on any atom is -0.361 e. The molecule has 1 aliphatic rings. The summed E-state index contributed by atoms with van der Waals surface area (Å²) in [7, 11) is 0. The zero-order chi connectivity index (χ0) is 8.23. The van der Waals surface area contributed by atoms with E-state index < -0.39 is 0 Å². The van der Waals surface area contributed by atoms with Crippen LogP contribution in [-0.2, 0) is 11.2 Å². The molecule has 12 heavy (non-hydrogen) atoms. The third-order valence-corrected chi connectivity index (χ3v) is 1.95. The van der Waals surface area contributed by atoms with Crippen LogP contribution < -0.4 is 5.32 Å². The highest BCUT2D eigenvalue weighted by molar-refractivity contribution is 5.15. The summed E-state index contributed by atoms with van der Waals surface area (Å²) >= 11 is 0. The highest BCUT2D eigenvalue weighted by atomic mass is 16.5. The molecular formula is C10H12NO. The fourth-order valence-corrected chi connectivity index (χ4v) is 1.34. The van der Waals surface area contributed by atoms with Crippen LogP contribution in [0.1, 0.15) is 5.56 Å². The van der Waals surface area contributed by atoms with E-state index in [1.54, 1.807) is 0 Å². The van der Waals surface area contributed by atoms with Gasteiger partial charge in [-0.15, -0.1) is 0 Å². The molecule has 63 valence electrons. The van der Waals surface area contributed by atoms with E-state index in [1.165, 1.54) is 5.56 Å². The molecule has 1 radical (unpaired) electrons. The van der Waals surface area contributed by atoms with Gasteiger partial charge in [-0.3, -0.25) is 5.32 Å². The smallest absolute Gasteiger partial charge is 0.112 e. The molecule has 1 aromatic rings. The maximum absolute atomic E-state index is 5.39. The number of benzene rings is 1. The molecule has 2 heteroatoms. The Hall–Kier alpha value is -0.860. The first kappa shape index (κ1) is 7.77. The standard InChI is InChI=1S/C10H12NO/c1-2-4-9(5-3-1)8-10-11-6-7-12-10/h1-6,10-11H,7-8H2. The molecule has 0 amide bonds. The fraction of sp³-hybridized carbons (Fsp3) is 0.300. The summed E-state index contributed by atoms with van der Waals surface area (Å²) in [4.78, 5) is 0. The summed E-state index contributed by atoms with van der Waals surface area (Å²) in [6, 6.07) is 10.4. The zero-order valence-corrected chi connectivity index (χ0v) is 6.86. The topological polar surface area (TPSA) is 21.3 Å². The van der Waals surface area contributed by atoms with E-state index in [1.807, 2.05) is 24.7 Å². The van der Waals surface area contributed by atoms with Gasteiger partial charge in [0.15, 0.2) is 0 Å². The third-order valence-electron chi connectivity index (χ3n) is 1.95. The molecule has 1 fully saturated rings. The summed E-state index contributed by atoms with van der Waals surface area (Å²) < 4.78 is 5.39. The van der Waals surface area contributed by atoms with Gasteiger partial charge in [-0.1, -0.05) is 30.3 Å². The van der Waals surface area contributed by atoms with Crippen LogP contribution in [0.5, 0.6) is 0 Å². The van der Waals surface area contributed by atoms with Gasteiger partial charge in [-0.05, 0) is 5.56 Å². The lowest BCUT2D eigenvalue weighted by Gasteiger charge is -2.08. The largest absolute Gasteiger partial charge is 0.361 e. The monoisotopic (exact) mass is 162 g/mol. The Bertz CT molecular complexity index is 229. The van der Waals surface area contributed by atoms with Gasteiger partial charge in [0, 0.05) is 6.42 Å². The number of hydrogen-bond acceptors (Lipinski definition) is 2. The summed E-state index contributed by atoms with van der Waals surface area (Å²) in [5.74, 6) is 0. The van der Waals surface area contributed by atoms with Crippen molar-refractivity contribution in [2.45, 2.75) is 12.6 Å². The average molecular weight is 162 g/mol. The average Bonchev–Trinajstić information content (AvgIpc) is 2.59. The van der Waals surface area contributed by atoms with Crippen LogP contribution in [0.2, 0.25) is 0 Å². The zero-order valence-electron chi connectivity index (χ0n) is 6.86. The lowest BCUT2D eigenvalue weighted by Crippen LogP contribution is -2.23. The van der Waals surface area contributed by atoms with E-state index in [0.29, 0.717) is 0 Å². The molecule has 0 saturated carbocycles. The Labute approximate surface area is 72.5 Å². The van der Waals surface area contributed by atoms with Crippen molar-refractivity contribution in [3.05, 3.63) is 42.4 Å². The van der Waals surface area contributed by atoms with Crippen molar-refractivity contribution >= 4 is 0 Å². The van der Waals surface area contributed by atoms with Crippen molar-refractivity contribution in [2.75, 3.05) is 6.61 Å². The first-order valence-electron chi connectivity index (χ1n) is 4.18. The molecule has 1 unspecified atom stereocenters. The lowest BCUT2D eigenvalue weighted by atomic mass is 10.1. The van der Waals surface area contributed by atoms with E-state index in [9.17, 15) is 0 Å². The Balaban J connectivity index is 1.94. The highest BCUT2D eigenvalue weighted by Crippen LogP contribution is 2.07. The van der Waals surface area contributed by atoms with Gasteiger partial charge < -0.3 is 4.74 Å². The van der Waals surface area contributed by atoms with Gasteiger partial charge >= 0.3 is 0 Å². The van der Waals surface area contributed by atoms with Crippen LogP contribution in [0.15, 0.2) is 30.3 Å². The van der Waals surface area contributed by atoms with Gasteiger partial charge in [0.1, 0.15) is 6.23 Å². The quantitative estimate of drug-likeness (QED) is 0.708. The van der Waals surface area contributed by atoms with Crippen molar-refractivity contribution < 1.29 is 4.74 Å². The summed E-state index contributed by atoms with van der Waals surface area (Å²) in [6.07, 6.45) is 1.12. The molecule has 1 heterocycles. The number of nitrogens with one attached hydrogen (secondary N) is 1. The van der Waals surface area contributed by atoms with Crippen molar-refractivity contribution in [3.8, 4) is 0 Å². The maximum Gasteiger partial charge on any atom is 0.112 e. The van der Waals surface area contributed by atoms with Gasteiger partial charge in [0.05, 0.1) is 13.2 Å². The lowest BCUT2D eigenvalue weighted by molar-refractivity contribution is 0.102. The Morgan fingerprint density at radius 1 is 1.33 bits per heavy atom. The van der Waals surface area contributed by atoms with Gasteiger partial charge in [0.2, 0.25) is 0 Å². The van der Waals surface area contributed by atoms with Crippen molar-refractivity contribution in [2.24, 2.45) is 0 Å². The molecule has 0 spiro atoms. The third kappa shape index (κ3) is 1.84. The van der Waals surface area contributed by atoms with Crippen molar-refractivity contribution in [3.63, 3.8) is 0 Å². The first-order chi connectivity index (χ1) is 5.95. The molecule has 0 aromatic heterocycles. The van der Waals surface area contributed by atoms with Crippen LogP contribution in [0.25, 0.3) is 0 Å². The van der Waals surface area contributed by atoms with Crippen LogP contribution in [0, 0.1) is 6.54 Å². The Kier molecular flexibility index (Phi) is 2.39. The summed E-state index contributed by atoms with van der Waals surface area (Å²) in [6.45, 7) is 2.67. The molecule has 0 aliphatic carbocycles. The second kappa shape index (κ2) is 3.70. The minimum atomic E-state index is 0.174. The predicted molar refractivity (Wildman–Crippen MR) is 47.3 cm³/mol. The molecule has 2 rings (SSSR count). The fourth-order valence-electron chi connectivity index (χ4n) is 1.34. The highest BCUT2D eigenvalue weighted by Gasteiger charge is 2.14. The number of ether oxygens (including phenoxy) is 1. The molecule has 1 atom stereocenters. The SMILES string of the molecule is [CH]1COC(Cc2ccccc2)N1. The molecule has 1 aliphatic heterocycles. The molecule has 1 saturated heterocycles. The van der Waals surface area contributed by atoms with E-state index in [-0.39, 0.29) is 6.23 Å². The van der Waals surface area contributed by atoms with Crippen LogP contribution in [0.4, 0.5) is 0 Å². The molecule has 1 aromatic carbocycles. The molecular weight excluding hydrogens is 150 g/mol. The van der Waals surface area contributed by atoms with Crippen LogP contribution in [-0.4, -0.2) is 12.8 Å². The van der Waals surface area contributed by atoms with Crippen molar-refractivity contribution in [1.29, 1.82) is 0 Å². The van der Waals surface area contributed by atoms with E-state index in [0.717, 1.165) is 13.0 Å². The Morgan fingerprint density at radius 3 is 2.83 bits per heavy atom. The van der Waals surface area contributed by atoms with Crippen LogP contribution >= 0.6 is 0 Å². The summed E-state index contributed by atoms with van der Waals surface area (Å²) in [5, 5.41) is 3.16. The number of rotatable bonds is 2. The van der Waals surface area contributed by atoms with E-state index >= 15 is 0 Å². The maximum atomic E-state index is 5.39. The molecule has 2 nitrogen and oxygen atoms in total. The first-order valence-corrected chi connectivity index (χ1v) is 4.18. The van der Waals surface area contributed by atoms with E-state index in [2.05, 4.69) is 17.4 Å². The molecule has 1 N–H and O–H groups in total. The number of hydrogen-bond donors (Lipinski definition) is 1. The van der Waals surface area contributed by atoms with Crippen LogP contribution in [0.3, 0.4) is 0 Å². The van der Waals surface area contributed by atoms with Gasteiger partial charge in [0.25, 0.3) is 0 Å². The molecule has 0 bridgehead atoms. The van der Waals surface area contributed by atoms with Crippen molar-refractivity contribution in [1.82, 2.24) is 5.32 Å². The second-order valence-electron chi connectivity index (χ2n) is 2.88. The predicted octanol–water partition coefficient (Wildman–Crippen LogP) is 1.34. The Morgan fingerprint density at radius 2 is 2.17 bits per heavy atom. The van der Waals surface area contributed by atoms with Gasteiger partial charge in [-0.25, -0.2) is 0 Å². The minimum absolute atomic E-state index is 0.174. The normalized spacial score (nSPS) is 22.8.